The average molecular weight is 441 g/mol. The molecule has 0 heterocycles. The highest BCUT2D eigenvalue weighted by Gasteiger charge is 2.28. The lowest BCUT2D eigenvalue weighted by Gasteiger charge is -2.14. The van der Waals surface area contributed by atoms with Gasteiger partial charge in [0.05, 0.1) is 12.7 Å². The molecule has 4 rings (SSSR count). The zero-order chi connectivity index (χ0) is 23.2. The van der Waals surface area contributed by atoms with Crippen LogP contribution in [0.1, 0.15) is 39.4 Å². The SMILES string of the molecule is COc1ccc(C(=O)O)c(C#CCCNC(=O)OCC2c3ccccc3-c3ccccc32)c1. The predicted octanol–water partition coefficient (Wildman–Crippen LogP) is 4.67. The number of carbonyl (C=O) groups excluding carboxylic acids is 1. The molecule has 3 aromatic carbocycles. The largest absolute Gasteiger partial charge is 0.497 e. The number of amides is 1. The van der Waals surface area contributed by atoms with Gasteiger partial charge in [-0.15, -0.1) is 0 Å². The molecule has 1 amide bonds. The fraction of sp³-hybridized carbons (Fsp3) is 0.185. The van der Waals surface area contributed by atoms with Gasteiger partial charge in [0, 0.05) is 24.4 Å². The molecule has 3 aromatic rings. The average Bonchev–Trinajstić information content (AvgIpc) is 3.16. The van der Waals surface area contributed by atoms with Crippen LogP contribution in [0.3, 0.4) is 0 Å². The molecule has 0 unspecified atom stereocenters. The van der Waals surface area contributed by atoms with Crippen molar-refractivity contribution < 1.29 is 24.2 Å². The summed E-state index contributed by atoms with van der Waals surface area (Å²) in [6.45, 7) is 0.535. The fourth-order valence-electron chi connectivity index (χ4n) is 3.97. The van der Waals surface area contributed by atoms with Gasteiger partial charge in [0.2, 0.25) is 0 Å². The molecule has 2 N–H and O–H groups in total. The van der Waals surface area contributed by atoms with Crippen molar-refractivity contribution in [2.24, 2.45) is 0 Å². The number of nitrogens with one attached hydrogen (secondary N) is 1. The first kappa shape index (κ1) is 22.0. The molecule has 0 spiro atoms. The minimum absolute atomic E-state index is 0.00504. The van der Waals surface area contributed by atoms with E-state index >= 15 is 0 Å². The number of rotatable bonds is 6. The molecule has 6 nitrogen and oxygen atoms in total. The Labute approximate surface area is 192 Å². The van der Waals surface area contributed by atoms with E-state index in [9.17, 15) is 14.7 Å². The Balaban J connectivity index is 1.31. The number of fused-ring (bicyclic) bond motifs is 3. The Morgan fingerprint density at radius 3 is 2.30 bits per heavy atom. The first-order chi connectivity index (χ1) is 16.1. The number of ether oxygens (including phenoxy) is 2. The third-order valence-corrected chi connectivity index (χ3v) is 5.54. The van der Waals surface area contributed by atoms with E-state index in [4.69, 9.17) is 9.47 Å². The fourth-order valence-corrected chi connectivity index (χ4v) is 3.97. The van der Waals surface area contributed by atoms with Crippen LogP contribution in [-0.2, 0) is 4.74 Å². The van der Waals surface area contributed by atoms with Crippen molar-refractivity contribution in [3.63, 3.8) is 0 Å². The third kappa shape index (κ3) is 4.83. The molecule has 33 heavy (non-hydrogen) atoms. The highest BCUT2D eigenvalue weighted by atomic mass is 16.5. The number of alkyl carbamates (subject to hydrolysis) is 1. The summed E-state index contributed by atoms with van der Waals surface area (Å²) < 4.78 is 10.6. The van der Waals surface area contributed by atoms with E-state index < -0.39 is 12.1 Å². The highest BCUT2D eigenvalue weighted by molar-refractivity contribution is 5.91. The maximum atomic E-state index is 12.2. The van der Waals surface area contributed by atoms with Gasteiger partial charge < -0.3 is 19.9 Å². The first-order valence-electron chi connectivity index (χ1n) is 10.6. The second-order valence-electron chi connectivity index (χ2n) is 7.52. The first-order valence-corrected chi connectivity index (χ1v) is 10.6. The van der Waals surface area contributed by atoms with Gasteiger partial charge in [-0.05, 0) is 40.5 Å². The Bertz CT molecular complexity index is 1210. The van der Waals surface area contributed by atoms with E-state index in [0.29, 0.717) is 17.7 Å². The van der Waals surface area contributed by atoms with Crippen LogP contribution >= 0.6 is 0 Å². The molecule has 0 saturated heterocycles. The maximum Gasteiger partial charge on any atom is 0.407 e. The monoisotopic (exact) mass is 441 g/mol. The van der Waals surface area contributed by atoms with Gasteiger partial charge in [-0.3, -0.25) is 0 Å². The topological polar surface area (TPSA) is 84.9 Å². The molecule has 0 aliphatic heterocycles. The van der Waals surface area contributed by atoms with Crippen molar-refractivity contribution in [2.75, 3.05) is 20.3 Å². The van der Waals surface area contributed by atoms with Gasteiger partial charge in [-0.1, -0.05) is 60.4 Å². The normalized spacial score (nSPS) is 11.5. The van der Waals surface area contributed by atoms with E-state index in [-0.39, 0.29) is 24.6 Å². The summed E-state index contributed by atoms with van der Waals surface area (Å²) in [5.41, 5.74) is 5.14. The molecule has 0 aromatic heterocycles. The number of hydrogen-bond donors (Lipinski definition) is 2. The number of hydrogen-bond acceptors (Lipinski definition) is 4. The van der Waals surface area contributed by atoms with Crippen LogP contribution in [0.2, 0.25) is 0 Å². The summed E-state index contributed by atoms with van der Waals surface area (Å²) in [6, 6.07) is 20.9. The van der Waals surface area contributed by atoms with Crippen LogP contribution < -0.4 is 10.1 Å². The van der Waals surface area contributed by atoms with Gasteiger partial charge >= 0.3 is 12.1 Å². The minimum atomic E-state index is -1.06. The maximum absolute atomic E-state index is 12.2. The Morgan fingerprint density at radius 1 is 1.00 bits per heavy atom. The summed E-state index contributed by atoms with van der Waals surface area (Å²) >= 11 is 0. The Hall–Kier alpha value is -4.24. The molecular formula is C27H23NO5. The van der Waals surface area contributed by atoms with Gasteiger partial charge in [0.25, 0.3) is 0 Å². The lowest BCUT2D eigenvalue weighted by Crippen LogP contribution is -2.26. The zero-order valence-corrected chi connectivity index (χ0v) is 18.1. The molecule has 0 radical (unpaired) electrons. The van der Waals surface area contributed by atoms with Gasteiger partial charge in [-0.2, -0.15) is 0 Å². The Morgan fingerprint density at radius 2 is 1.67 bits per heavy atom. The van der Waals surface area contributed by atoms with Crippen LogP contribution in [0.5, 0.6) is 5.75 Å². The van der Waals surface area contributed by atoms with Crippen LogP contribution in [0.4, 0.5) is 4.79 Å². The molecule has 0 bridgehead atoms. The van der Waals surface area contributed by atoms with Crippen molar-refractivity contribution in [1.82, 2.24) is 5.32 Å². The van der Waals surface area contributed by atoms with E-state index in [1.54, 1.807) is 12.1 Å². The molecule has 0 atom stereocenters. The summed E-state index contributed by atoms with van der Waals surface area (Å²) in [5, 5.41) is 12.0. The predicted molar refractivity (Wildman–Crippen MR) is 125 cm³/mol. The van der Waals surface area contributed by atoms with Gasteiger partial charge in [0.1, 0.15) is 12.4 Å². The standard InChI is InChI=1S/C27H23NO5/c1-32-19-13-14-20(26(29)30)18(16-19)8-6-7-15-28-27(31)33-17-25-23-11-4-2-9-21(23)22-10-3-5-12-24(22)25/h2-5,9-14,16,25H,7,15,17H2,1H3,(H,28,31)(H,29,30). The summed E-state index contributed by atoms with van der Waals surface area (Å²) in [6.07, 6.45) is -0.160. The summed E-state index contributed by atoms with van der Waals surface area (Å²) in [7, 11) is 1.51. The molecular weight excluding hydrogens is 418 g/mol. The molecule has 1 aliphatic carbocycles. The number of aromatic carboxylic acids is 1. The van der Waals surface area contributed by atoms with Crippen LogP contribution in [0.15, 0.2) is 66.7 Å². The second kappa shape index (κ2) is 9.92. The molecule has 1 aliphatic rings. The smallest absolute Gasteiger partial charge is 0.407 e. The molecule has 0 saturated carbocycles. The number of carbonyl (C=O) groups is 2. The summed E-state index contributed by atoms with van der Waals surface area (Å²) in [4.78, 5) is 23.6. The van der Waals surface area contributed by atoms with E-state index in [2.05, 4.69) is 41.4 Å². The second-order valence-corrected chi connectivity index (χ2v) is 7.52. The number of methoxy groups -OCH3 is 1. The quantitative estimate of drug-likeness (QED) is 0.429. The lowest BCUT2D eigenvalue weighted by atomic mass is 9.98. The van der Waals surface area contributed by atoms with E-state index in [1.807, 2.05) is 24.3 Å². The van der Waals surface area contributed by atoms with Crippen molar-refractivity contribution >= 4 is 12.1 Å². The van der Waals surface area contributed by atoms with Crippen molar-refractivity contribution in [2.45, 2.75) is 12.3 Å². The van der Waals surface area contributed by atoms with Crippen LogP contribution in [0.25, 0.3) is 11.1 Å². The van der Waals surface area contributed by atoms with Crippen molar-refractivity contribution in [1.29, 1.82) is 0 Å². The van der Waals surface area contributed by atoms with Gasteiger partial charge in [-0.25, -0.2) is 9.59 Å². The highest BCUT2D eigenvalue weighted by Crippen LogP contribution is 2.44. The third-order valence-electron chi connectivity index (χ3n) is 5.54. The number of benzene rings is 3. The number of carboxylic acids is 1. The molecule has 6 heteroatoms. The van der Waals surface area contributed by atoms with E-state index in [0.717, 1.165) is 11.1 Å². The zero-order valence-electron chi connectivity index (χ0n) is 18.1. The minimum Gasteiger partial charge on any atom is -0.497 e. The van der Waals surface area contributed by atoms with E-state index in [1.165, 1.54) is 24.3 Å². The van der Waals surface area contributed by atoms with Crippen LogP contribution in [-0.4, -0.2) is 37.4 Å². The van der Waals surface area contributed by atoms with Gasteiger partial charge in [0.15, 0.2) is 0 Å². The lowest BCUT2D eigenvalue weighted by molar-refractivity contribution is 0.0696. The molecule has 166 valence electrons. The van der Waals surface area contributed by atoms with Crippen LogP contribution in [0, 0.1) is 11.8 Å². The van der Waals surface area contributed by atoms with Crippen molar-refractivity contribution in [3.8, 4) is 28.7 Å². The number of carboxylic acid groups (broad SMARTS) is 1. The summed E-state index contributed by atoms with van der Waals surface area (Å²) in [5.74, 6) is 5.20. The molecule has 0 fully saturated rings. The van der Waals surface area contributed by atoms with Crippen molar-refractivity contribution in [3.05, 3.63) is 89.0 Å². The Kier molecular flexibility index (Phi) is 6.61.